The molecule has 22 heavy (non-hydrogen) atoms. The van der Waals surface area contributed by atoms with E-state index in [9.17, 15) is 13.2 Å². The Bertz CT molecular complexity index is 683. The molecule has 0 spiro atoms. The third-order valence-corrected chi connectivity index (χ3v) is 3.22. The van der Waals surface area contributed by atoms with Gasteiger partial charge in [-0.2, -0.15) is 8.78 Å². The van der Waals surface area contributed by atoms with Crippen LogP contribution in [0.15, 0.2) is 18.2 Å². The Balaban J connectivity index is 2.87. The van der Waals surface area contributed by atoms with Gasteiger partial charge in [-0.05, 0) is 30.2 Å². The van der Waals surface area contributed by atoms with Crippen molar-refractivity contribution >= 4 is 0 Å². The first-order valence-corrected chi connectivity index (χ1v) is 6.39. The summed E-state index contributed by atoms with van der Waals surface area (Å²) in [6.45, 7) is 1.79. The van der Waals surface area contributed by atoms with Gasteiger partial charge in [0, 0.05) is 0 Å². The van der Waals surface area contributed by atoms with Crippen LogP contribution in [-0.2, 0) is 0 Å². The van der Waals surface area contributed by atoms with Crippen LogP contribution in [-0.4, -0.2) is 21.3 Å². The van der Waals surface area contributed by atoms with Gasteiger partial charge in [-0.3, -0.25) is 0 Å². The van der Waals surface area contributed by atoms with E-state index in [2.05, 4.69) is 0 Å². The number of ether oxygens (including phenoxy) is 3. The van der Waals surface area contributed by atoms with Gasteiger partial charge in [-0.15, -0.1) is 0 Å². The summed E-state index contributed by atoms with van der Waals surface area (Å²) in [7, 11) is 3.82. The van der Waals surface area contributed by atoms with Gasteiger partial charge in [-0.25, -0.2) is 4.39 Å². The minimum absolute atomic E-state index is 0.0107. The van der Waals surface area contributed by atoms with Gasteiger partial charge >= 0.3 is 0 Å². The molecule has 2 aromatic carbocycles. The van der Waals surface area contributed by atoms with E-state index in [-0.39, 0.29) is 5.56 Å². The van der Waals surface area contributed by atoms with Crippen LogP contribution >= 0.6 is 0 Å². The Hall–Kier alpha value is -2.37. The standard InChI is InChI=1S/C16H15F3O3/c1-8-5-9(7-10(6-8)20-2)11-15(21-3)13(18)12(17)14(19)16(11)22-4/h5-7H,1-4H3. The zero-order valence-corrected chi connectivity index (χ0v) is 12.6. The third kappa shape index (κ3) is 2.56. The summed E-state index contributed by atoms with van der Waals surface area (Å²) in [5, 5.41) is 0. The minimum atomic E-state index is -1.64. The molecule has 0 N–H and O–H groups in total. The predicted octanol–water partition coefficient (Wildman–Crippen LogP) is 4.11. The number of aryl methyl sites for hydroxylation is 1. The van der Waals surface area contributed by atoms with Crippen molar-refractivity contribution < 1.29 is 27.4 Å². The van der Waals surface area contributed by atoms with E-state index < -0.39 is 29.0 Å². The fourth-order valence-corrected chi connectivity index (χ4v) is 2.27. The van der Waals surface area contributed by atoms with Crippen molar-refractivity contribution in [2.45, 2.75) is 6.92 Å². The Morgan fingerprint density at radius 1 is 0.727 bits per heavy atom. The number of rotatable bonds is 4. The summed E-state index contributed by atoms with van der Waals surface area (Å²) in [5.74, 6) is -4.82. The van der Waals surface area contributed by atoms with Gasteiger partial charge in [0.05, 0.1) is 26.9 Å². The van der Waals surface area contributed by atoms with Crippen LogP contribution < -0.4 is 14.2 Å². The third-order valence-electron chi connectivity index (χ3n) is 3.22. The number of halogens is 3. The van der Waals surface area contributed by atoms with Crippen LogP contribution in [0.3, 0.4) is 0 Å². The Labute approximate surface area is 126 Å². The van der Waals surface area contributed by atoms with Gasteiger partial charge in [0.15, 0.2) is 11.5 Å². The summed E-state index contributed by atoms with van der Waals surface area (Å²) in [6, 6.07) is 4.97. The fourth-order valence-electron chi connectivity index (χ4n) is 2.27. The number of methoxy groups -OCH3 is 3. The lowest BCUT2D eigenvalue weighted by Gasteiger charge is -2.17. The lowest BCUT2D eigenvalue weighted by atomic mass is 10.00. The highest BCUT2D eigenvalue weighted by molar-refractivity contribution is 5.79. The molecule has 0 amide bonds. The quantitative estimate of drug-likeness (QED) is 0.795. The van der Waals surface area contributed by atoms with Crippen LogP contribution in [0.1, 0.15) is 5.56 Å². The van der Waals surface area contributed by atoms with E-state index in [0.29, 0.717) is 11.3 Å². The smallest absolute Gasteiger partial charge is 0.204 e. The van der Waals surface area contributed by atoms with E-state index in [1.54, 1.807) is 25.1 Å². The zero-order valence-electron chi connectivity index (χ0n) is 12.6. The first-order valence-electron chi connectivity index (χ1n) is 6.39. The number of hydrogen-bond acceptors (Lipinski definition) is 3. The predicted molar refractivity (Wildman–Crippen MR) is 76.1 cm³/mol. The number of benzene rings is 2. The number of hydrogen-bond donors (Lipinski definition) is 0. The second kappa shape index (κ2) is 6.17. The first kappa shape index (κ1) is 16.0. The summed E-state index contributed by atoms with van der Waals surface area (Å²) in [4.78, 5) is 0. The highest BCUT2D eigenvalue weighted by Crippen LogP contribution is 2.44. The molecule has 0 bridgehead atoms. The largest absolute Gasteiger partial charge is 0.497 e. The summed E-state index contributed by atoms with van der Waals surface area (Å²) in [5.41, 5.74) is 1.18. The van der Waals surface area contributed by atoms with Crippen LogP contribution in [0.2, 0.25) is 0 Å². The molecule has 0 aliphatic carbocycles. The molecule has 0 radical (unpaired) electrons. The highest BCUT2D eigenvalue weighted by Gasteiger charge is 2.27. The van der Waals surface area contributed by atoms with Gasteiger partial charge in [0.25, 0.3) is 0 Å². The van der Waals surface area contributed by atoms with Gasteiger partial charge in [-0.1, -0.05) is 6.07 Å². The molecule has 0 atom stereocenters. The average Bonchev–Trinajstić information content (AvgIpc) is 2.51. The van der Waals surface area contributed by atoms with Crippen molar-refractivity contribution in [1.29, 1.82) is 0 Å². The molecule has 0 fully saturated rings. The summed E-state index contributed by atoms with van der Waals surface area (Å²) < 4.78 is 56.6. The van der Waals surface area contributed by atoms with Crippen molar-refractivity contribution in [3.05, 3.63) is 41.2 Å². The molecular weight excluding hydrogens is 297 g/mol. The van der Waals surface area contributed by atoms with Crippen molar-refractivity contribution in [2.75, 3.05) is 21.3 Å². The first-order chi connectivity index (χ1) is 10.4. The summed E-state index contributed by atoms with van der Waals surface area (Å²) >= 11 is 0. The van der Waals surface area contributed by atoms with E-state index in [1.807, 2.05) is 0 Å². The van der Waals surface area contributed by atoms with Crippen LogP contribution in [0.25, 0.3) is 11.1 Å². The molecule has 0 heterocycles. The fraction of sp³-hybridized carbons (Fsp3) is 0.250. The Morgan fingerprint density at radius 2 is 1.27 bits per heavy atom. The van der Waals surface area contributed by atoms with Gasteiger partial charge in [0.2, 0.25) is 17.5 Å². The van der Waals surface area contributed by atoms with Crippen molar-refractivity contribution in [2.24, 2.45) is 0 Å². The van der Waals surface area contributed by atoms with E-state index >= 15 is 0 Å². The molecule has 2 rings (SSSR count). The van der Waals surface area contributed by atoms with E-state index in [4.69, 9.17) is 14.2 Å². The highest BCUT2D eigenvalue weighted by atomic mass is 19.2. The summed E-state index contributed by atoms with van der Waals surface area (Å²) in [6.07, 6.45) is 0. The SMILES string of the molecule is COc1cc(C)cc(-c2c(OC)c(F)c(F)c(F)c2OC)c1. The maximum absolute atomic E-state index is 14.0. The molecule has 2 aromatic rings. The normalized spacial score (nSPS) is 10.5. The van der Waals surface area contributed by atoms with Crippen molar-refractivity contribution in [1.82, 2.24) is 0 Å². The Kier molecular flexibility index (Phi) is 4.49. The monoisotopic (exact) mass is 312 g/mol. The molecule has 0 aliphatic heterocycles. The van der Waals surface area contributed by atoms with Crippen LogP contribution in [0.4, 0.5) is 13.2 Å². The molecule has 0 saturated heterocycles. The maximum Gasteiger partial charge on any atom is 0.204 e. The van der Waals surface area contributed by atoms with Gasteiger partial charge in [0.1, 0.15) is 5.75 Å². The molecule has 6 heteroatoms. The molecule has 0 aromatic heterocycles. The molecular formula is C16H15F3O3. The van der Waals surface area contributed by atoms with Crippen LogP contribution in [0, 0.1) is 24.4 Å². The average molecular weight is 312 g/mol. The topological polar surface area (TPSA) is 27.7 Å². The molecule has 0 aliphatic rings. The molecule has 0 saturated carbocycles. The van der Waals surface area contributed by atoms with Crippen LogP contribution in [0.5, 0.6) is 17.2 Å². The minimum Gasteiger partial charge on any atom is -0.497 e. The molecule has 0 unspecified atom stereocenters. The Morgan fingerprint density at radius 3 is 1.73 bits per heavy atom. The lowest BCUT2D eigenvalue weighted by molar-refractivity contribution is 0.333. The van der Waals surface area contributed by atoms with E-state index in [1.165, 1.54) is 21.3 Å². The zero-order chi connectivity index (χ0) is 16.4. The van der Waals surface area contributed by atoms with Gasteiger partial charge < -0.3 is 14.2 Å². The maximum atomic E-state index is 14.0. The van der Waals surface area contributed by atoms with Crippen molar-refractivity contribution in [3.8, 4) is 28.4 Å². The lowest BCUT2D eigenvalue weighted by Crippen LogP contribution is -2.03. The van der Waals surface area contributed by atoms with E-state index in [0.717, 1.165) is 5.56 Å². The second-order valence-corrected chi connectivity index (χ2v) is 4.62. The molecule has 3 nitrogen and oxygen atoms in total. The second-order valence-electron chi connectivity index (χ2n) is 4.62. The van der Waals surface area contributed by atoms with Crippen molar-refractivity contribution in [3.63, 3.8) is 0 Å². The molecule has 118 valence electrons.